The highest BCUT2D eigenvalue weighted by atomic mass is 32.3. The molecule has 0 unspecified atom stereocenters. The van der Waals surface area contributed by atoms with Crippen LogP contribution in [0.1, 0.15) is 13.8 Å². The largest absolute Gasteiger partial charge is 0.402 e. The van der Waals surface area contributed by atoms with E-state index in [0.717, 1.165) is 0 Å². The van der Waals surface area contributed by atoms with Crippen LogP contribution in [0.3, 0.4) is 0 Å². The first kappa shape index (κ1) is 9.80. The Morgan fingerprint density at radius 1 is 1.50 bits per heavy atom. The van der Waals surface area contributed by atoms with Crippen LogP contribution in [-0.2, 0) is 18.8 Å². The maximum Gasteiger partial charge on any atom is 0.402 e. The molecule has 0 aromatic heterocycles. The molecule has 0 aliphatic carbocycles. The van der Waals surface area contributed by atoms with Crippen LogP contribution in [0.25, 0.3) is 0 Å². The summed E-state index contributed by atoms with van der Waals surface area (Å²) in [6.45, 7) is 1.60. The summed E-state index contributed by atoms with van der Waals surface area (Å²) in [6, 6.07) is 0. The normalized spacial score (nSPS) is 12.4. The van der Waals surface area contributed by atoms with Crippen molar-refractivity contribution in [1.29, 1.82) is 0 Å². The zero-order valence-electron chi connectivity index (χ0n) is 5.70. The van der Waals surface area contributed by atoms with E-state index in [1.165, 1.54) is 13.8 Å². The van der Waals surface area contributed by atoms with E-state index in [9.17, 15) is 12.8 Å². The van der Waals surface area contributed by atoms with E-state index in [4.69, 9.17) is 0 Å². The van der Waals surface area contributed by atoms with Crippen molar-refractivity contribution < 1.29 is 21.2 Å². The Balaban J connectivity index is 3.89. The molecule has 0 aromatic rings. The second kappa shape index (κ2) is 3.85. The van der Waals surface area contributed by atoms with Crippen LogP contribution in [0.5, 0.6) is 0 Å². The van der Waals surface area contributed by atoms with Gasteiger partial charge in [-0.2, -0.15) is 8.42 Å². The van der Waals surface area contributed by atoms with Gasteiger partial charge in [0.1, 0.15) is 0 Å². The van der Waals surface area contributed by atoms with Gasteiger partial charge in [-0.1, -0.05) is 0 Å². The van der Waals surface area contributed by atoms with Gasteiger partial charge in [-0.15, -0.1) is 0 Å². The molecule has 0 rings (SSSR count). The average molecular weight is 172 g/mol. The highest BCUT2D eigenvalue weighted by molar-refractivity contribution is 7.81. The summed E-state index contributed by atoms with van der Waals surface area (Å²) >= 11 is 0. The third-order valence-electron chi connectivity index (χ3n) is 0.499. The maximum absolute atomic E-state index is 11.3. The van der Waals surface area contributed by atoms with E-state index in [1.807, 2.05) is 0 Å². The molecule has 0 saturated heterocycles. The summed E-state index contributed by atoms with van der Waals surface area (Å²) in [5.74, 6) is 0. The SMILES string of the molecule is CC(C)OS(=O)(=O)OCF. The number of halogens is 1. The molecule has 0 fully saturated rings. The predicted molar refractivity (Wildman–Crippen MR) is 32.2 cm³/mol. The van der Waals surface area contributed by atoms with Gasteiger partial charge < -0.3 is 0 Å². The molecule has 6 heteroatoms. The fourth-order valence-electron chi connectivity index (χ4n) is 0.318. The van der Waals surface area contributed by atoms with E-state index in [0.29, 0.717) is 0 Å². The fourth-order valence-corrected chi connectivity index (χ4v) is 0.954. The molecule has 0 radical (unpaired) electrons. The molecule has 0 aliphatic rings. The van der Waals surface area contributed by atoms with Gasteiger partial charge in [0, 0.05) is 0 Å². The van der Waals surface area contributed by atoms with E-state index < -0.39 is 23.4 Å². The summed E-state index contributed by atoms with van der Waals surface area (Å²) in [5, 5.41) is 0. The van der Waals surface area contributed by atoms with E-state index in [1.54, 1.807) is 0 Å². The van der Waals surface area contributed by atoms with E-state index >= 15 is 0 Å². The van der Waals surface area contributed by atoms with Gasteiger partial charge in [0.05, 0.1) is 6.10 Å². The summed E-state index contributed by atoms with van der Waals surface area (Å²) in [5.41, 5.74) is 0. The van der Waals surface area contributed by atoms with Gasteiger partial charge in [0.25, 0.3) is 0 Å². The van der Waals surface area contributed by atoms with Gasteiger partial charge in [-0.25, -0.2) is 12.8 Å². The minimum absolute atomic E-state index is 0.531. The van der Waals surface area contributed by atoms with Crippen LogP contribution in [0.15, 0.2) is 0 Å². The van der Waals surface area contributed by atoms with Crippen molar-refractivity contribution in [2.24, 2.45) is 0 Å². The second-order valence-corrected chi connectivity index (χ2v) is 3.02. The molecule has 0 atom stereocenters. The Labute approximate surface area is 59.3 Å². The molecule has 0 aromatic carbocycles. The average Bonchev–Trinajstić information content (AvgIpc) is 1.59. The third-order valence-corrected chi connectivity index (χ3v) is 1.50. The van der Waals surface area contributed by atoms with Crippen LogP contribution in [0, 0.1) is 0 Å². The number of hydrogen-bond donors (Lipinski definition) is 0. The lowest BCUT2D eigenvalue weighted by molar-refractivity contribution is 0.134. The van der Waals surface area contributed by atoms with Crippen molar-refractivity contribution >= 4 is 10.4 Å². The number of alkyl halides is 1. The first-order valence-corrected chi connectivity index (χ1v) is 3.95. The van der Waals surface area contributed by atoms with Crippen molar-refractivity contribution in [1.82, 2.24) is 0 Å². The van der Waals surface area contributed by atoms with Gasteiger partial charge in [-0.05, 0) is 13.8 Å². The molecular weight excluding hydrogens is 163 g/mol. The summed E-state index contributed by atoms with van der Waals surface area (Å²) < 4.78 is 39.8. The van der Waals surface area contributed by atoms with Crippen molar-refractivity contribution in [3.8, 4) is 0 Å². The first-order chi connectivity index (χ1) is 4.48. The van der Waals surface area contributed by atoms with Crippen molar-refractivity contribution in [2.75, 3.05) is 6.86 Å². The van der Waals surface area contributed by atoms with Gasteiger partial charge in [-0.3, -0.25) is 0 Å². The molecule has 0 N–H and O–H groups in total. The zero-order valence-corrected chi connectivity index (χ0v) is 6.52. The molecule has 0 aliphatic heterocycles. The summed E-state index contributed by atoms with van der Waals surface area (Å²) in [7, 11) is -4.11. The molecule has 10 heavy (non-hydrogen) atoms. The van der Waals surface area contributed by atoms with Crippen LogP contribution in [-0.4, -0.2) is 21.4 Å². The van der Waals surface area contributed by atoms with Crippen molar-refractivity contribution in [2.45, 2.75) is 20.0 Å². The predicted octanol–water partition coefficient (Wildman–Crippen LogP) is 0.600. The molecule has 0 spiro atoms. The standard InChI is InChI=1S/C4H9FO4S/c1-4(2)9-10(6,7)8-3-5/h4H,3H2,1-2H3. The van der Waals surface area contributed by atoms with Crippen LogP contribution in [0.2, 0.25) is 0 Å². The van der Waals surface area contributed by atoms with Gasteiger partial charge in [0.15, 0.2) is 0 Å². The van der Waals surface area contributed by atoms with Crippen LogP contribution in [0.4, 0.5) is 4.39 Å². The minimum Gasteiger partial charge on any atom is -0.245 e. The Hall–Kier alpha value is -0.200. The maximum atomic E-state index is 11.3. The lowest BCUT2D eigenvalue weighted by Crippen LogP contribution is -2.14. The molecule has 62 valence electrons. The van der Waals surface area contributed by atoms with Crippen molar-refractivity contribution in [3.05, 3.63) is 0 Å². The highest BCUT2D eigenvalue weighted by Gasteiger charge is 2.12. The van der Waals surface area contributed by atoms with E-state index in [2.05, 4.69) is 8.37 Å². The Morgan fingerprint density at radius 2 is 2.00 bits per heavy atom. The molecule has 4 nitrogen and oxygen atoms in total. The Morgan fingerprint density at radius 3 is 2.30 bits per heavy atom. The summed E-state index contributed by atoms with van der Waals surface area (Å²) in [6.07, 6.45) is -0.531. The molecule has 0 saturated carbocycles. The number of rotatable bonds is 4. The molecular formula is C4H9FO4S. The fraction of sp³-hybridized carbons (Fsp3) is 1.00. The first-order valence-electron chi connectivity index (χ1n) is 2.61. The van der Waals surface area contributed by atoms with Crippen molar-refractivity contribution in [3.63, 3.8) is 0 Å². The topological polar surface area (TPSA) is 52.6 Å². The third kappa shape index (κ3) is 4.66. The summed E-state index contributed by atoms with van der Waals surface area (Å²) in [4.78, 5) is 0. The Kier molecular flexibility index (Phi) is 3.77. The van der Waals surface area contributed by atoms with Gasteiger partial charge >= 0.3 is 10.4 Å². The minimum atomic E-state index is -4.11. The highest BCUT2D eigenvalue weighted by Crippen LogP contribution is 2.00. The second-order valence-electron chi connectivity index (χ2n) is 1.78. The lowest BCUT2D eigenvalue weighted by Gasteiger charge is -2.04. The lowest BCUT2D eigenvalue weighted by atomic mass is 10.5. The number of hydrogen-bond acceptors (Lipinski definition) is 4. The van der Waals surface area contributed by atoms with E-state index in [-0.39, 0.29) is 0 Å². The zero-order chi connectivity index (χ0) is 8.20. The molecule has 0 amide bonds. The smallest absolute Gasteiger partial charge is 0.245 e. The van der Waals surface area contributed by atoms with Crippen LogP contribution >= 0.6 is 0 Å². The van der Waals surface area contributed by atoms with Gasteiger partial charge in [0.2, 0.25) is 6.86 Å². The van der Waals surface area contributed by atoms with Crippen LogP contribution < -0.4 is 0 Å². The molecule has 0 bridgehead atoms. The quantitative estimate of drug-likeness (QED) is 0.623. The molecule has 0 heterocycles. The Bertz CT molecular complexity index is 174. The monoisotopic (exact) mass is 172 g/mol.